The number of nitrogens with zero attached hydrogens (tertiary/aromatic N) is 3. The van der Waals surface area contributed by atoms with Gasteiger partial charge in [0.25, 0.3) is 5.91 Å². The summed E-state index contributed by atoms with van der Waals surface area (Å²) >= 11 is 0. The highest BCUT2D eigenvalue weighted by Gasteiger charge is 2.22. The molecular weight excluding hydrogens is 258 g/mol. The van der Waals surface area contributed by atoms with E-state index in [0.29, 0.717) is 18.8 Å². The summed E-state index contributed by atoms with van der Waals surface area (Å²) in [4.78, 5) is 25.3. The molecule has 0 aliphatic carbocycles. The van der Waals surface area contributed by atoms with Gasteiger partial charge in [-0.05, 0) is 19.4 Å². The van der Waals surface area contributed by atoms with Crippen molar-refractivity contribution in [1.82, 2.24) is 14.7 Å². The lowest BCUT2D eigenvalue weighted by molar-refractivity contribution is -0.145. The lowest BCUT2D eigenvalue weighted by Gasteiger charge is -2.20. The minimum Gasteiger partial charge on any atom is -0.469 e. The molecule has 0 aromatic carbocycles. The van der Waals surface area contributed by atoms with E-state index in [1.165, 1.54) is 12.0 Å². The molecule has 6 nitrogen and oxygen atoms in total. The van der Waals surface area contributed by atoms with Crippen LogP contribution in [0.25, 0.3) is 0 Å². The average molecular weight is 281 g/mol. The Balaban J connectivity index is 2.83. The van der Waals surface area contributed by atoms with E-state index < -0.39 is 0 Å². The van der Waals surface area contributed by atoms with Crippen LogP contribution in [0.2, 0.25) is 0 Å². The SMILES string of the molecule is CCc1cc(C(=O)N(C)CC(C)C(=O)OC)n(CC)n1. The standard InChI is InChI=1S/C14H23N3O3/c1-6-11-8-12(17(7-2)15-11)13(18)16(4)9-10(3)14(19)20-5/h8,10H,6-7,9H2,1-5H3. The Morgan fingerprint density at radius 2 is 2.10 bits per heavy atom. The first kappa shape index (κ1) is 16.2. The highest BCUT2D eigenvalue weighted by molar-refractivity contribution is 5.92. The van der Waals surface area contributed by atoms with Crippen LogP contribution in [0, 0.1) is 5.92 Å². The maximum atomic E-state index is 12.4. The van der Waals surface area contributed by atoms with Gasteiger partial charge < -0.3 is 9.64 Å². The van der Waals surface area contributed by atoms with Crippen molar-refractivity contribution in [2.24, 2.45) is 5.92 Å². The van der Waals surface area contributed by atoms with Crippen molar-refractivity contribution in [3.8, 4) is 0 Å². The largest absolute Gasteiger partial charge is 0.469 e. The van der Waals surface area contributed by atoms with Gasteiger partial charge in [0.2, 0.25) is 0 Å². The van der Waals surface area contributed by atoms with Crippen LogP contribution in [0.1, 0.15) is 37.0 Å². The van der Waals surface area contributed by atoms with Crippen LogP contribution in [-0.4, -0.2) is 47.3 Å². The summed E-state index contributed by atoms with van der Waals surface area (Å²) in [6.07, 6.45) is 0.787. The van der Waals surface area contributed by atoms with E-state index in [2.05, 4.69) is 9.84 Å². The Kier molecular flexibility index (Phi) is 5.73. The third-order valence-corrected chi connectivity index (χ3v) is 3.21. The molecule has 0 saturated heterocycles. The fraction of sp³-hybridized carbons (Fsp3) is 0.643. The molecule has 0 radical (unpaired) electrons. The molecule has 20 heavy (non-hydrogen) atoms. The van der Waals surface area contributed by atoms with Crippen molar-refractivity contribution < 1.29 is 14.3 Å². The fourth-order valence-corrected chi connectivity index (χ4v) is 2.02. The van der Waals surface area contributed by atoms with Crippen molar-refractivity contribution in [2.75, 3.05) is 20.7 Å². The molecule has 0 N–H and O–H groups in total. The molecule has 6 heteroatoms. The molecule has 1 amide bonds. The maximum absolute atomic E-state index is 12.4. The smallest absolute Gasteiger partial charge is 0.310 e. The van der Waals surface area contributed by atoms with Gasteiger partial charge in [0, 0.05) is 20.1 Å². The minimum absolute atomic E-state index is 0.130. The van der Waals surface area contributed by atoms with Crippen molar-refractivity contribution >= 4 is 11.9 Å². The maximum Gasteiger partial charge on any atom is 0.310 e. The zero-order chi connectivity index (χ0) is 15.3. The first-order valence-electron chi connectivity index (χ1n) is 6.84. The molecule has 0 spiro atoms. The number of methoxy groups -OCH3 is 1. The van der Waals surface area contributed by atoms with Gasteiger partial charge in [0.05, 0.1) is 18.7 Å². The molecule has 1 atom stereocenters. The van der Waals surface area contributed by atoms with E-state index in [0.717, 1.165) is 12.1 Å². The highest BCUT2D eigenvalue weighted by atomic mass is 16.5. The van der Waals surface area contributed by atoms with E-state index in [1.54, 1.807) is 18.7 Å². The van der Waals surface area contributed by atoms with Crippen molar-refractivity contribution in [2.45, 2.75) is 33.7 Å². The summed E-state index contributed by atoms with van der Waals surface area (Å²) < 4.78 is 6.37. The number of carbonyl (C=O) groups excluding carboxylic acids is 2. The van der Waals surface area contributed by atoms with Crippen LogP contribution in [0.3, 0.4) is 0 Å². The molecule has 1 heterocycles. The summed E-state index contributed by atoms with van der Waals surface area (Å²) in [5, 5.41) is 4.36. The topological polar surface area (TPSA) is 64.4 Å². The van der Waals surface area contributed by atoms with E-state index in [-0.39, 0.29) is 17.8 Å². The monoisotopic (exact) mass is 281 g/mol. The lowest BCUT2D eigenvalue weighted by atomic mass is 10.1. The summed E-state index contributed by atoms with van der Waals surface area (Å²) in [5.41, 5.74) is 1.45. The highest BCUT2D eigenvalue weighted by Crippen LogP contribution is 2.10. The second kappa shape index (κ2) is 7.07. The number of ether oxygens (including phenoxy) is 1. The van der Waals surface area contributed by atoms with Gasteiger partial charge in [0.1, 0.15) is 5.69 Å². The van der Waals surface area contributed by atoms with Crippen molar-refractivity contribution in [1.29, 1.82) is 0 Å². The van der Waals surface area contributed by atoms with Gasteiger partial charge in [-0.1, -0.05) is 13.8 Å². The third kappa shape index (κ3) is 3.59. The first-order valence-corrected chi connectivity index (χ1v) is 6.84. The van der Waals surface area contributed by atoms with Gasteiger partial charge in [-0.15, -0.1) is 0 Å². The third-order valence-electron chi connectivity index (χ3n) is 3.21. The Hall–Kier alpha value is -1.85. The second-order valence-electron chi connectivity index (χ2n) is 4.80. The predicted octanol–water partition coefficient (Wildman–Crippen LogP) is 1.35. The number of rotatable bonds is 6. The molecule has 1 rings (SSSR count). The van der Waals surface area contributed by atoms with Crippen molar-refractivity contribution in [3.05, 3.63) is 17.5 Å². The number of carbonyl (C=O) groups is 2. The summed E-state index contributed by atoms with van der Waals surface area (Å²) in [5.74, 6) is -0.796. The van der Waals surface area contributed by atoms with Crippen molar-refractivity contribution in [3.63, 3.8) is 0 Å². The molecular formula is C14H23N3O3. The van der Waals surface area contributed by atoms with E-state index >= 15 is 0 Å². The van der Waals surface area contributed by atoms with Gasteiger partial charge >= 0.3 is 5.97 Å². The van der Waals surface area contributed by atoms with Gasteiger partial charge in [-0.3, -0.25) is 14.3 Å². The molecule has 1 unspecified atom stereocenters. The number of esters is 1. The number of aromatic nitrogens is 2. The normalized spacial score (nSPS) is 12.1. The van der Waals surface area contributed by atoms with Crippen LogP contribution >= 0.6 is 0 Å². The first-order chi connectivity index (χ1) is 9.44. The van der Waals surface area contributed by atoms with E-state index in [1.807, 2.05) is 19.9 Å². The Bertz CT molecular complexity index is 482. The summed E-state index contributed by atoms with van der Waals surface area (Å²) in [7, 11) is 3.03. The minimum atomic E-state index is -0.349. The molecule has 0 bridgehead atoms. The quantitative estimate of drug-likeness (QED) is 0.738. The molecule has 0 aliphatic heterocycles. The van der Waals surface area contributed by atoms with Gasteiger partial charge in [0.15, 0.2) is 0 Å². The van der Waals surface area contributed by atoms with E-state index in [4.69, 9.17) is 0 Å². The Morgan fingerprint density at radius 1 is 1.45 bits per heavy atom. The molecule has 1 aromatic heterocycles. The van der Waals surface area contributed by atoms with Crippen LogP contribution in [-0.2, 0) is 22.5 Å². The summed E-state index contributed by atoms with van der Waals surface area (Å²) in [6, 6.07) is 1.81. The molecule has 1 aromatic rings. The number of hydrogen-bond acceptors (Lipinski definition) is 4. The number of amides is 1. The van der Waals surface area contributed by atoms with E-state index in [9.17, 15) is 9.59 Å². The Labute approximate surface area is 119 Å². The predicted molar refractivity (Wildman–Crippen MR) is 75.4 cm³/mol. The van der Waals surface area contributed by atoms with Gasteiger partial charge in [-0.2, -0.15) is 5.10 Å². The zero-order valence-electron chi connectivity index (χ0n) is 12.8. The Morgan fingerprint density at radius 3 is 2.60 bits per heavy atom. The lowest BCUT2D eigenvalue weighted by Crippen LogP contribution is -2.35. The summed E-state index contributed by atoms with van der Waals surface area (Å²) in [6.45, 7) is 6.65. The molecule has 112 valence electrons. The zero-order valence-corrected chi connectivity index (χ0v) is 12.8. The molecule has 0 saturated carbocycles. The van der Waals surface area contributed by atoms with Gasteiger partial charge in [-0.25, -0.2) is 0 Å². The number of hydrogen-bond donors (Lipinski definition) is 0. The molecule has 0 fully saturated rings. The fourth-order valence-electron chi connectivity index (χ4n) is 2.02. The van der Waals surface area contributed by atoms with Crippen LogP contribution in [0.5, 0.6) is 0 Å². The average Bonchev–Trinajstić information content (AvgIpc) is 2.88. The number of aryl methyl sites for hydroxylation is 2. The van der Waals surface area contributed by atoms with Crippen LogP contribution in [0.4, 0.5) is 0 Å². The van der Waals surface area contributed by atoms with Crippen LogP contribution in [0.15, 0.2) is 6.07 Å². The molecule has 0 aliphatic rings. The second-order valence-corrected chi connectivity index (χ2v) is 4.80. The van der Waals surface area contributed by atoms with Crippen LogP contribution < -0.4 is 0 Å².